The lowest BCUT2D eigenvalue weighted by Gasteiger charge is -2.22. The van der Waals surface area contributed by atoms with Crippen LogP contribution in [0.5, 0.6) is 0 Å². The van der Waals surface area contributed by atoms with E-state index in [1.54, 1.807) is 0 Å². The largest absolute Gasteiger partial charge is 0.364 e. The van der Waals surface area contributed by atoms with Crippen molar-refractivity contribution < 1.29 is 14.1 Å². The van der Waals surface area contributed by atoms with Gasteiger partial charge in [-0.2, -0.15) is 0 Å². The van der Waals surface area contributed by atoms with Crippen molar-refractivity contribution in [1.29, 1.82) is 0 Å². The Hall–Kier alpha value is -1.89. The molecule has 7 heteroatoms. The highest BCUT2D eigenvalue weighted by Gasteiger charge is 2.39. The second kappa shape index (κ2) is 5.24. The van der Waals surface area contributed by atoms with Gasteiger partial charge in [0, 0.05) is 12.1 Å². The Morgan fingerprint density at radius 2 is 2.25 bits per heavy atom. The molecule has 2 amide bonds. The zero-order valence-corrected chi connectivity index (χ0v) is 11.2. The fourth-order valence-electron chi connectivity index (χ4n) is 2.72. The molecule has 1 unspecified atom stereocenters. The summed E-state index contributed by atoms with van der Waals surface area (Å²) in [7, 11) is 0. The molecule has 1 aliphatic heterocycles. The van der Waals surface area contributed by atoms with Crippen LogP contribution in [0, 0.1) is 0 Å². The first-order valence-electron chi connectivity index (χ1n) is 6.94. The SMILES string of the molecule is NC(=O)c1cc(CNC(=O)C2CCCN2C2CC2)on1. The Bertz CT molecular complexity index is 523. The van der Waals surface area contributed by atoms with Gasteiger partial charge in [-0.3, -0.25) is 14.5 Å². The zero-order valence-electron chi connectivity index (χ0n) is 11.2. The minimum Gasteiger partial charge on any atom is -0.364 e. The second-order valence-electron chi connectivity index (χ2n) is 5.39. The number of likely N-dealkylation sites (tertiary alicyclic amines) is 1. The van der Waals surface area contributed by atoms with E-state index in [0.717, 1.165) is 19.4 Å². The highest BCUT2D eigenvalue weighted by molar-refractivity contribution is 5.90. The molecule has 7 nitrogen and oxygen atoms in total. The van der Waals surface area contributed by atoms with Crippen molar-refractivity contribution in [2.75, 3.05) is 6.54 Å². The molecule has 2 aliphatic rings. The standard InChI is InChI=1S/C13H18N4O3/c14-12(18)10-6-9(20-16-10)7-15-13(19)11-2-1-5-17(11)8-3-4-8/h6,8,11H,1-5,7H2,(H2,14,18)(H,15,19). The second-order valence-corrected chi connectivity index (χ2v) is 5.39. The Morgan fingerprint density at radius 1 is 1.45 bits per heavy atom. The molecule has 1 aromatic heterocycles. The van der Waals surface area contributed by atoms with Crippen LogP contribution < -0.4 is 11.1 Å². The lowest BCUT2D eigenvalue weighted by atomic mass is 10.2. The number of amides is 2. The van der Waals surface area contributed by atoms with E-state index in [-0.39, 0.29) is 24.2 Å². The van der Waals surface area contributed by atoms with Crippen LogP contribution in [0.1, 0.15) is 41.9 Å². The number of nitrogens with zero attached hydrogens (tertiary/aromatic N) is 2. The summed E-state index contributed by atoms with van der Waals surface area (Å²) in [4.78, 5) is 25.4. The molecule has 1 saturated heterocycles. The fraction of sp³-hybridized carbons (Fsp3) is 0.615. The van der Waals surface area contributed by atoms with Crippen molar-refractivity contribution in [3.63, 3.8) is 0 Å². The molecule has 2 heterocycles. The van der Waals surface area contributed by atoms with Crippen molar-refractivity contribution in [3.05, 3.63) is 17.5 Å². The average Bonchev–Trinajstić information content (AvgIpc) is 2.98. The smallest absolute Gasteiger partial charge is 0.270 e. The molecule has 1 atom stereocenters. The first-order chi connectivity index (χ1) is 9.65. The Labute approximate surface area is 116 Å². The van der Waals surface area contributed by atoms with Crippen LogP contribution in [0.2, 0.25) is 0 Å². The summed E-state index contributed by atoms with van der Waals surface area (Å²) in [6.07, 6.45) is 4.38. The third kappa shape index (κ3) is 2.67. The number of aromatic nitrogens is 1. The molecule has 0 spiro atoms. The van der Waals surface area contributed by atoms with Crippen LogP contribution in [0.4, 0.5) is 0 Å². The number of rotatable bonds is 5. The normalized spacial score (nSPS) is 22.9. The quantitative estimate of drug-likeness (QED) is 0.790. The molecule has 0 aromatic carbocycles. The summed E-state index contributed by atoms with van der Waals surface area (Å²) in [6.45, 7) is 1.24. The molecule has 1 saturated carbocycles. The van der Waals surface area contributed by atoms with Crippen LogP contribution in [0.25, 0.3) is 0 Å². The number of nitrogens with two attached hydrogens (primary N) is 1. The molecule has 3 rings (SSSR count). The van der Waals surface area contributed by atoms with Gasteiger partial charge in [0.15, 0.2) is 11.5 Å². The van der Waals surface area contributed by atoms with Crippen molar-refractivity contribution in [2.24, 2.45) is 5.73 Å². The molecular formula is C13H18N4O3. The van der Waals surface area contributed by atoms with Gasteiger partial charge in [0.2, 0.25) is 5.91 Å². The number of nitrogens with one attached hydrogen (secondary N) is 1. The van der Waals surface area contributed by atoms with Crippen LogP contribution in [0.15, 0.2) is 10.6 Å². The van der Waals surface area contributed by atoms with Gasteiger partial charge in [-0.25, -0.2) is 0 Å². The van der Waals surface area contributed by atoms with E-state index in [2.05, 4.69) is 15.4 Å². The van der Waals surface area contributed by atoms with Crippen LogP contribution in [-0.4, -0.2) is 40.5 Å². The minimum atomic E-state index is -0.637. The third-order valence-corrected chi connectivity index (χ3v) is 3.86. The summed E-state index contributed by atoms with van der Waals surface area (Å²) in [6, 6.07) is 2.02. The minimum absolute atomic E-state index is 0.0198. The maximum atomic E-state index is 12.2. The van der Waals surface area contributed by atoms with E-state index in [4.69, 9.17) is 10.3 Å². The maximum Gasteiger partial charge on any atom is 0.270 e. The van der Waals surface area contributed by atoms with Gasteiger partial charge in [0.05, 0.1) is 12.6 Å². The Balaban J connectivity index is 1.54. The van der Waals surface area contributed by atoms with Gasteiger partial charge in [-0.15, -0.1) is 0 Å². The first-order valence-corrected chi connectivity index (χ1v) is 6.94. The topological polar surface area (TPSA) is 101 Å². The van der Waals surface area contributed by atoms with E-state index >= 15 is 0 Å². The van der Waals surface area contributed by atoms with E-state index in [9.17, 15) is 9.59 Å². The molecule has 0 radical (unpaired) electrons. The maximum absolute atomic E-state index is 12.2. The van der Waals surface area contributed by atoms with Crippen molar-refractivity contribution >= 4 is 11.8 Å². The molecule has 2 fully saturated rings. The molecule has 108 valence electrons. The summed E-state index contributed by atoms with van der Waals surface area (Å²) in [5.74, 6) is -0.184. The van der Waals surface area contributed by atoms with Crippen molar-refractivity contribution in [1.82, 2.24) is 15.4 Å². The molecule has 3 N–H and O–H groups in total. The zero-order chi connectivity index (χ0) is 14.1. The van der Waals surface area contributed by atoms with E-state index in [1.165, 1.54) is 18.9 Å². The number of hydrogen-bond donors (Lipinski definition) is 2. The van der Waals surface area contributed by atoms with Gasteiger partial charge in [-0.1, -0.05) is 5.16 Å². The fourth-order valence-corrected chi connectivity index (χ4v) is 2.72. The molecule has 0 bridgehead atoms. The van der Waals surface area contributed by atoms with Gasteiger partial charge >= 0.3 is 0 Å². The van der Waals surface area contributed by atoms with Gasteiger partial charge in [-0.05, 0) is 32.2 Å². The van der Waals surface area contributed by atoms with Crippen molar-refractivity contribution in [3.8, 4) is 0 Å². The molecule has 1 aromatic rings. The highest BCUT2D eigenvalue weighted by atomic mass is 16.5. The van der Waals surface area contributed by atoms with E-state index in [1.807, 2.05) is 0 Å². The monoisotopic (exact) mass is 278 g/mol. The molecular weight excluding hydrogens is 260 g/mol. The van der Waals surface area contributed by atoms with Gasteiger partial charge in [0.25, 0.3) is 5.91 Å². The lowest BCUT2D eigenvalue weighted by molar-refractivity contribution is -0.125. The van der Waals surface area contributed by atoms with Crippen LogP contribution in [0.3, 0.4) is 0 Å². The predicted molar refractivity (Wildman–Crippen MR) is 69.6 cm³/mol. The number of carbonyl (C=O) groups is 2. The summed E-state index contributed by atoms with van der Waals surface area (Å²) in [5, 5.41) is 6.37. The van der Waals surface area contributed by atoms with Gasteiger partial charge < -0.3 is 15.6 Å². The first kappa shape index (κ1) is 13.1. The summed E-state index contributed by atoms with van der Waals surface area (Å²) < 4.78 is 4.95. The third-order valence-electron chi connectivity index (χ3n) is 3.86. The van der Waals surface area contributed by atoms with Crippen molar-refractivity contribution in [2.45, 2.75) is 44.3 Å². The average molecular weight is 278 g/mol. The Kier molecular flexibility index (Phi) is 3.43. The number of hydrogen-bond acceptors (Lipinski definition) is 5. The van der Waals surface area contributed by atoms with E-state index < -0.39 is 5.91 Å². The predicted octanol–water partition coefficient (Wildman–Crippen LogP) is 0.0165. The number of carbonyl (C=O) groups excluding carboxylic acids is 2. The lowest BCUT2D eigenvalue weighted by Crippen LogP contribution is -2.43. The summed E-state index contributed by atoms with van der Waals surface area (Å²) >= 11 is 0. The highest BCUT2D eigenvalue weighted by Crippen LogP contribution is 2.33. The van der Waals surface area contributed by atoms with Crippen LogP contribution in [-0.2, 0) is 11.3 Å². The van der Waals surface area contributed by atoms with E-state index in [0.29, 0.717) is 11.8 Å². The van der Waals surface area contributed by atoms with Gasteiger partial charge in [0.1, 0.15) is 0 Å². The molecule has 20 heavy (non-hydrogen) atoms. The summed E-state index contributed by atoms with van der Waals surface area (Å²) in [5.41, 5.74) is 5.16. The number of primary amides is 1. The van der Waals surface area contributed by atoms with Crippen LogP contribution >= 0.6 is 0 Å². The molecule has 1 aliphatic carbocycles. The Morgan fingerprint density at radius 3 is 2.90 bits per heavy atom.